The Labute approximate surface area is 78.5 Å². The van der Waals surface area contributed by atoms with E-state index in [4.69, 9.17) is 21.8 Å². The molecule has 0 aromatic heterocycles. The molecule has 1 aliphatic rings. The number of aliphatic hydroxyl groups is 1. The van der Waals surface area contributed by atoms with E-state index in [1.807, 2.05) is 0 Å². The van der Waals surface area contributed by atoms with Crippen molar-refractivity contribution in [2.45, 2.75) is 12.3 Å². The minimum absolute atomic E-state index is 0.0633. The van der Waals surface area contributed by atoms with Crippen LogP contribution in [-0.4, -0.2) is 46.6 Å². The van der Waals surface area contributed by atoms with Gasteiger partial charge in [0.25, 0.3) is 0 Å². The first kappa shape index (κ1) is 9.94. The maximum Gasteiger partial charge on any atom is 0.333 e. The number of hydrogen-bond donors (Lipinski definition) is 2. The van der Waals surface area contributed by atoms with Crippen LogP contribution >= 0.6 is 11.6 Å². The summed E-state index contributed by atoms with van der Waals surface area (Å²) in [7, 11) is 1.30. The first-order valence-electron chi connectivity index (χ1n) is 3.32. The van der Waals surface area contributed by atoms with Gasteiger partial charge in [0.15, 0.2) is 17.4 Å². The first-order valence-corrected chi connectivity index (χ1v) is 3.70. The lowest BCUT2D eigenvalue weighted by atomic mass is 10.2. The Morgan fingerprint density at radius 2 is 2.23 bits per heavy atom. The first-order chi connectivity index (χ1) is 6.06. The molecule has 6 nitrogen and oxygen atoms in total. The third-order valence-corrected chi connectivity index (χ3v) is 1.67. The van der Waals surface area contributed by atoms with E-state index in [1.54, 1.807) is 0 Å². The van der Waals surface area contributed by atoms with E-state index in [1.165, 1.54) is 7.11 Å². The number of aliphatic carboxylic acids is 1. The van der Waals surface area contributed by atoms with Crippen LogP contribution in [0.1, 0.15) is 0 Å². The lowest BCUT2D eigenvalue weighted by Gasteiger charge is -2.17. The van der Waals surface area contributed by atoms with Gasteiger partial charge in [0, 0.05) is 0 Å². The lowest BCUT2D eigenvalue weighted by molar-refractivity contribution is -0.140. The third kappa shape index (κ3) is 1.96. The number of ether oxygens (including phenoxy) is 1. The second kappa shape index (κ2) is 3.71. The number of methoxy groups -OCH3 is 1. The number of nitrogens with zero attached hydrogens (tertiary/aromatic N) is 2. The van der Waals surface area contributed by atoms with Crippen LogP contribution in [0.25, 0.3) is 0 Å². The predicted octanol–water partition coefficient (Wildman–Crippen LogP) is -0.546. The standard InChI is InChI=1S/C6H7ClN2O4/c1-13-5-3(7)8-2(6(11)12)4(10)9-5/h2,4,10H,1H3,(H,11,12). The van der Waals surface area contributed by atoms with Crippen LogP contribution in [0.5, 0.6) is 0 Å². The molecule has 0 radical (unpaired) electrons. The van der Waals surface area contributed by atoms with E-state index >= 15 is 0 Å². The molecular formula is C6H7ClN2O4. The monoisotopic (exact) mass is 206 g/mol. The van der Waals surface area contributed by atoms with Crippen LogP contribution < -0.4 is 0 Å². The van der Waals surface area contributed by atoms with Gasteiger partial charge in [-0.3, -0.25) is 0 Å². The highest BCUT2D eigenvalue weighted by molar-refractivity contribution is 6.83. The lowest BCUT2D eigenvalue weighted by Crippen LogP contribution is -2.37. The van der Waals surface area contributed by atoms with Crippen LogP contribution in [-0.2, 0) is 9.53 Å². The fraction of sp³-hybridized carbons (Fsp3) is 0.500. The van der Waals surface area contributed by atoms with Crippen molar-refractivity contribution in [3.63, 3.8) is 0 Å². The molecule has 1 heterocycles. The van der Waals surface area contributed by atoms with Gasteiger partial charge < -0.3 is 14.9 Å². The molecule has 0 spiro atoms. The van der Waals surface area contributed by atoms with E-state index in [2.05, 4.69) is 14.7 Å². The van der Waals surface area contributed by atoms with Gasteiger partial charge in [-0.25, -0.2) is 14.8 Å². The molecule has 2 atom stereocenters. The predicted molar refractivity (Wildman–Crippen MR) is 45.2 cm³/mol. The van der Waals surface area contributed by atoms with E-state index in [0.717, 1.165) is 0 Å². The molecule has 1 rings (SSSR count). The van der Waals surface area contributed by atoms with E-state index < -0.39 is 18.2 Å². The van der Waals surface area contributed by atoms with Gasteiger partial charge in [-0.15, -0.1) is 0 Å². The second-order valence-corrected chi connectivity index (χ2v) is 2.61. The highest BCUT2D eigenvalue weighted by Crippen LogP contribution is 2.11. The van der Waals surface area contributed by atoms with Gasteiger partial charge in [0.1, 0.15) is 0 Å². The van der Waals surface area contributed by atoms with E-state index in [0.29, 0.717) is 0 Å². The largest absolute Gasteiger partial charge is 0.480 e. The second-order valence-electron chi connectivity index (χ2n) is 2.25. The fourth-order valence-corrected chi connectivity index (χ4v) is 1.04. The molecule has 0 aromatic rings. The Kier molecular flexibility index (Phi) is 2.84. The van der Waals surface area contributed by atoms with Crippen molar-refractivity contribution in [1.82, 2.24) is 0 Å². The maximum atomic E-state index is 10.5. The van der Waals surface area contributed by atoms with Gasteiger partial charge in [-0.2, -0.15) is 0 Å². The summed E-state index contributed by atoms with van der Waals surface area (Å²) < 4.78 is 4.64. The fourth-order valence-electron chi connectivity index (χ4n) is 0.808. The van der Waals surface area contributed by atoms with Gasteiger partial charge in [0.05, 0.1) is 7.11 Å². The van der Waals surface area contributed by atoms with Gasteiger partial charge in [-0.05, 0) is 0 Å². The molecule has 0 aliphatic carbocycles. The van der Waals surface area contributed by atoms with Crippen molar-refractivity contribution in [2.24, 2.45) is 9.98 Å². The summed E-state index contributed by atoms with van der Waals surface area (Å²) in [5, 5.41) is 17.5. The number of carboxylic acid groups (broad SMARTS) is 1. The molecule has 0 saturated carbocycles. The maximum absolute atomic E-state index is 10.5. The van der Waals surface area contributed by atoms with Crippen LogP contribution in [0.4, 0.5) is 0 Å². The number of hydrogen-bond acceptors (Lipinski definition) is 5. The molecule has 0 aromatic carbocycles. The molecule has 0 bridgehead atoms. The number of carbonyl (C=O) groups is 1. The van der Waals surface area contributed by atoms with Gasteiger partial charge >= 0.3 is 5.97 Å². The Balaban J connectivity index is 2.91. The van der Waals surface area contributed by atoms with Crippen molar-refractivity contribution in [3.8, 4) is 0 Å². The SMILES string of the molecule is COC1=NC(O)C(C(=O)O)N=C1Cl. The zero-order chi connectivity index (χ0) is 10.0. The van der Waals surface area contributed by atoms with Crippen molar-refractivity contribution in [2.75, 3.05) is 7.11 Å². The Bertz CT molecular complexity index is 288. The molecule has 2 N–H and O–H groups in total. The number of aliphatic imine (C=N–C) groups is 2. The highest BCUT2D eigenvalue weighted by atomic mass is 35.5. The zero-order valence-electron chi connectivity index (χ0n) is 6.64. The van der Waals surface area contributed by atoms with Crippen molar-refractivity contribution >= 4 is 28.6 Å². The highest BCUT2D eigenvalue weighted by Gasteiger charge is 2.31. The molecule has 13 heavy (non-hydrogen) atoms. The van der Waals surface area contributed by atoms with Crippen LogP contribution in [0.2, 0.25) is 0 Å². The van der Waals surface area contributed by atoms with Crippen LogP contribution in [0.3, 0.4) is 0 Å². The summed E-state index contributed by atoms with van der Waals surface area (Å²) in [6.45, 7) is 0. The van der Waals surface area contributed by atoms with E-state index in [-0.39, 0.29) is 11.1 Å². The Hall–Kier alpha value is -1.14. The summed E-state index contributed by atoms with van der Waals surface area (Å²) >= 11 is 5.51. The molecule has 0 saturated heterocycles. The molecular weight excluding hydrogens is 200 g/mol. The zero-order valence-corrected chi connectivity index (χ0v) is 7.39. The van der Waals surface area contributed by atoms with Crippen molar-refractivity contribution in [3.05, 3.63) is 0 Å². The molecule has 2 unspecified atom stereocenters. The smallest absolute Gasteiger partial charge is 0.333 e. The van der Waals surface area contributed by atoms with Crippen LogP contribution in [0, 0.1) is 0 Å². The molecule has 7 heteroatoms. The average Bonchev–Trinajstić information content (AvgIpc) is 2.07. The van der Waals surface area contributed by atoms with Crippen molar-refractivity contribution < 1.29 is 19.7 Å². The molecule has 0 fully saturated rings. The number of rotatable bonds is 1. The Morgan fingerprint density at radius 1 is 1.62 bits per heavy atom. The summed E-state index contributed by atoms with van der Waals surface area (Å²) in [5.74, 6) is -1.35. The molecule has 1 aliphatic heterocycles. The number of aliphatic hydroxyl groups excluding tert-OH is 1. The number of halogens is 1. The quantitative estimate of drug-likeness (QED) is 0.603. The summed E-state index contributed by atoms with van der Waals surface area (Å²) in [6, 6.07) is -1.36. The Morgan fingerprint density at radius 3 is 2.69 bits per heavy atom. The van der Waals surface area contributed by atoms with Gasteiger partial charge in [-0.1, -0.05) is 11.6 Å². The van der Waals surface area contributed by atoms with Gasteiger partial charge in [0.2, 0.25) is 5.90 Å². The summed E-state index contributed by atoms with van der Waals surface area (Å²) in [6.07, 6.45) is -1.45. The molecule has 72 valence electrons. The summed E-state index contributed by atoms with van der Waals surface area (Å²) in [4.78, 5) is 17.5. The topological polar surface area (TPSA) is 91.5 Å². The van der Waals surface area contributed by atoms with Crippen molar-refractivity contribution in [1.29, 1.82) is 0 Å². The third-order valence-electron chi connectivity index (χ3n) is 1.41. The van der Waals surface area contributed by atoms with Crippen LogP contribution in [0.15, 0.2) is 9.98 Å². The minimum atomic E-state index is -1.45. The van der Waals surface area contributed by atoms with E-state index in [9.17, 15) is 4.79 Å². The number of carboxylic acids is 1. The minimum Gasteiger partial charge on any atom is -0.480 e. The normalized spacial score (nSPS) is 27.6. The summed E-state index contributed by atoms with van der Waals surface area (Å²) in [5.41, 5.74) is 0. The molecule has 0 amide bonds. The average molecular weight is 207 g/mol.